The predicted molar refractivity (Wildman–Crippen MR) is 84.3 cm³/mol. The van der Waals surface area contributed by atoms with Gasteiger partial charge in [0.15, 0.2) is 0 Å². The number of hydrogen-bond donors (Lipinski definition) is 0. The monoisotopic (exact) mass is 315 g/mol. The maximum Gasteiger partial charge on any atom is 0.234 e. The van der Waals surface area contributed by atoms with E-state index in [1.54, 1.807) is 6.20 Å². The van der Waals surface area contributed by atoms with E-state index in [9.17, 15) is 0 Å². The molecular weight excluding hydrogens is 302 g/mol. The predicted octanol–water partition coefficient (Wildman–Crippen LogP) is 2.28. The highest BCUT2D eigenvalue weighted by Gasteiger charge is 2.15. The number of anilines is 1. The van der Waals surface area contributed by atoms with Crippen molar-refractivity contribution in [3.05, 3.63) is 41.8 Å². The maximum atomic E-state index is 6.27. The van der Waals surface area contributed by atoms with Crippen molar-refractivity contribution in [2.45, 2.75) is 0 Å². The Hall–Kier alpha value is -2.18. The maximum absolute atomic E-state index is 6.27. The van der Waals surface area contributed by atoms with E-state index in [0.717, 1.165) is 30.3 Å². The van der Waals surface area contributed by atoms with Crippen molar-refractivity contribution in [1.82, 2.24) is 19.4 Å². The Balaban J connectivity index is 1.75. The van der Waals surface area contributed by atoms with Gasteiger partial charge in [0.2, 0.25) is 5.78 Å². The molecule has 0 spiro atoms. The van der Waals surface area contributed by atoms with Gasteiger partial charge in [0.05, 0.1) is 18.9 Å². The molecule has 6 nitrogen and oxygen atoms in total. The molecule has 1 fully saturated rings. The van der Waals surface area contributed by atoms with E-state index >= 15 is 0 Å². The van der Waals surface area contributed by atoms with E-state index in [4.69, 9.17) is 21.3 Å². The van der Waals surface area contributed by atoms with E-state index in [1.165, 1.54) is 0 Å². The fraction of sp³-hybridized carbons (Fsp3) is 0.267. The summed E-state index contributed by atoms with van der Waals surface area (Å²) < 4.78 is 7.25. The number of pyridine rings is 1. The Morgan fingerprint density at radius 1 is 1.09 bits per heavy atom. The van der Waals surface area contributed by atoms with E-state index in [-0.39, 0.29) is 0 Å². The van der Waals surface area contributed by atoms with Crippen LogP contribution in [0.25, 0.3) is 17.2 Å². The van der Waals surface area contributed by atoms with Crippen LogP contribution in [0.1, 0.15) is 0 Å². The fourth-order valence-corrected chi connectivity index (χ4v) is 2.72. The summed E-state index contributed by atoms with van der Waals surface area (Å²) >= 11 is 6.27. The summed E-state index contributed by atoms with van der Waals surface area (Å²) in [6, 6.07) is 5.57. The number of aromatic nitrogens is 4. The Morgan fingerprint density at radius 2 is 1.95 bits per heavy atom. The van der Waals surface area contributed by atoms with E-state index in [0.29, 0.717) is 24.0 Å². The SMILES string of the molecule is Clc1cc(-c2cn3cccnc3n2)nc(N2CCOCC2)c1. The zero-order valence-electron chi connectivity index (χ0n) is 11.8. The number of nitrogens with zero attached hydrogens (tertiary/aromatic N) is 5. The van der Waals surface area contributed by atoms with Crippen LogP contribution in [-0.2, 0) is 4.74 Å². The molecule has 112 valence electrons. The zero-order chi connectivity index (χ0) is 14.9. The number of halogens is 1. The van der Waals surface area contributed by atoms with E-state index < -0.39 is 0 Å². The van der Waals surface area contributed by atoms with Gasteiger partial charge in [0.25, 0.3) is 0 Å². The summed E-state index contributed by atoms with van der Waals surface area (Å²) in [4.78, 5) is 15.6. The average Bonchev–Trinajstić information content (AvgIpc) is 2.99. The topological polar surface area (TPSA) is 55.5 Å². The molecule has 1 aliphatic heterocycles. The molecule has 22 heavy (non-hydrogen) atoms. The van der Waals surface area contributed by atoms with Crippen molar-refractivity contribution >= 4 is 23.2 Å². The highest BCUT2D eigenvalue weighted by atomic mass is 35.5. The van der Waals surface area contributed by atoms with E-state index in [2.05, 4.69) is 14.9 Å². The minimum Gasteiger partial charge on any atom is -0.378 e. The van der Waals surface area contributed by atoms with Crippen LogP contribution in [0.2, 0.25) is 5.02 Å². The van der Waals surface area contributed by atoms with Crippen molar-refractivity contribution in [2.75, 3.05) is 31.2 Å². The number of ether oxygens (including phenoxy) is 1. The van der Waals surface area contributed by atoms with Crippen LogP contribution in [0.15, 0.2) is 36.8 Å². The molecule has 0 aliphatic carbocycles. The molecule has 4 rings (SSSR count). The van der Waals surface area contributed by atoms with Gasteiger partial charge in [-0.15, -0.1) is 0 Å². The van der Waals surface area contributed by atoms with Gasteiger partial charge in [-0.2, -0.15) is 0 Å². The third-order valence-electron chi connectivity index (χ3n) is 3.61. The lowest BCUT2D eigenvalue weighted by Crippen LogP contribution is -2.36. The Kier molecular flexibility index (Phi) is 3.40. The number of fused-ring (bicyclic) bond motifs is 1. The Bertz CT molecular complexity index is 780. The van der Waals surface area contributed by atoms with Crippen LogP contribution < -0.4 is 4.90 Å². The molecule has 4 heterocycles. The third kappa shape index (κ3) is 2.51. The lowest BCUT2D eigenvalue weighted by atomic mass is 10.2. The molecule has 0 unspecified atom stereocenters. The van der Waals surface area contributed by atoms with Gasteiger partial charge in [-0.1, -0.05) is 11.6 Å². The largest absolute Gasteiger partial charge is 0.378 e. The van der Waals surface area contributed by atoms with Crippen molar-refractivity contribution in [3.63, 3.8) is 0 Å². The minimum atomic E-state index is 0.646. The van der Waals surface area contributed by atoms with Gasteiger partial charge in [-0.25, -0.2) is 15.0 Å². The summed E-state index contributed by atoms with van der Waals surface area (Å²) in [6.45, 7) is 3.06. The molecule has 0 N–H and O–H groups in total. The summed E-state index contributed by atoms with van der Waals surface area (Å²) in [6.07, 6.45) is 5.53. The molecule has 3 aromatic heterocycles. The molecule has 0 atom stereocenters. The standard InChI is InChI=1S/C15H14ClN5O/c16-11-8-12(13-10-21-3-1-2-17-15(21)19-13)18-14(9-11)20-4-6-22-7-5-20/h1-3,8-10H,4-7H2. The van der Waals surface area contributed by atoms with Gasteiger partial charge in [0, 0.05) is 36.7 Å². The smallest absolute Gasteiger partial charge is 0.234 e. The number of morpholine rings is 1. The van der Waals surface area contributed by atoms with Crippen LogP contribution >= 0.6 is 11.6 Å². The summed E-state index contributed by atoms with van der Waals surface area (Å²) in [5.74, 6) is 1.50. The molecule has 0 aromatic carbocycles. The first-order chi connectivity index (χ1) is 10.8. The second-order valence-corrected chi connectivity index (χ2v) is 5.52. The molecule has 0 bridgehead atoms. The number of rotatable bonds is 2. The lowest BCUT2D eigenvalue weighted by molar-refractivity contribution is 0.122. The van der Waals surface area contributed by atoms with Crippen LogP contribution in [0.5, 0.6) is 0 Å². The van der Waals surface area contributed by atoms with Crippen molar-refractivity contribution < 1.29 is 4.74 Å². The lowest BCUT2D eigenvalue weighted by Gasteiger charge is -2.28. The summed E-state index contributed by atoms with van der Waals surface area (Å²) in [7, 11) is 0. The molecular formula is C15H14ClN5O. The third-order valence-corrected chi connectivity index (χ3v) is 3.83. The Morgan fingerprint density at radius 3 is 2.77 bits per heavy atom. The van der Waals surface area contributed by atoms with Gasteiger partial charge < -0.3 is 9.64 Å². The second-order valence-electron chi connectivity index (χ2n) is 5.08. The van der Waals surface area contributed by atoms with Crippen molar-refractivity contribution in [1.29, 1.82) is 0 Å². The molecule has 1 saturated heterocycles. The van der Waals surface area contributed by atoms with Gasteiger partial charge >= 0.3 is 0 Å². The Labute approximate surface area is 132 Å². The minimum absolute atomic E-state index is 0.646. The first kappa shape index (κ1) is 13.5. The average molecular weight is 316 g/mol. The first-order valence-corrected chi connectivity index (χ1v) is 7.48. The van der Waals surface area contributed by atoms with Crippen LogP contribution in [0.4, 0.5) is 5.82 Å². The quantitative estimate of drug-likeness (QED) is 0.726. The normalized spacial score (nSPS) is 15.4. The zero-order valence-corrected chi connectivity index (χ0v) is 12.6. The first-order valence-electron chi connectivity index (χ1n) is 7.10. The summed E-state index contributed by atoms with van der Waals surface area (Å²) in [5.41, 5.74) is 1.51. The molecule has 0 saturated carbocycles. The number of hydrogen-bond acceptors (Lipinski definition) is 5. The molecule has 1 aliphatic rings. The second kappa shape index (κ2) is 5.55. The molecule has 7 heteroatoms. The van der Waals surface area contributed by atoms with Gasteiger partial charge in [-0.3, -0.25) is 4.40 Å². The van der Waals surface area contributed by atoms with Crippen LogP contribution in [0.3, 0.4) is 0 Å². The van der Waals surface area contributed by atoms with Crippen molar-refractivity contribution in [2.24, 2.45) is 0 Å². The number of imidazole rings is 1. The fourth-order valence-electron chi connectivity index (χ4n) is 2.52. The highest BCUT2D eigenvalue weighted by molar-refractivity contribution is 6.31. The molecule has 3 aromatic rings. The molecule has 0 amide bonds. The van der Waals surface area contributed by atoms with Crippen LogP contribution in [0, 0.1) is 0 Å². The van der Waals surface area contributed by atoms with E-state index in [1.807, 2.05) is 35.0 Å². The highest BCUT2D eigenvalue weighted by Crippen LogP contribution is 2.25. The molecule has 0 radical (unpaired) electrons. The summed E-state index contributed by atoms with van der Waals surface area (Å²) in [5, 5.41) is 0.650. The van der Waals surface area contributed by atoms with Crippen molar-refractivity contribution in [3.8, 4) is 11.4 Å². The van der Waals surface area contributed by atoms with Gasteiger partial charge in [-0.05, 0) is 18.2 Å². The van der Waals surface area contributed by atoms with Gasteiger partial charge in [0.1, 0.15) is 11.5 Å². The van der Waals surface area contributed by atoms with Crippen LogP contribution in [-0.4, -0.2) is 45.7 Å².